The average Bonchev–Trinajstić information content (AvgIpc) is 3.02. The van der Waals surface area contributed by atoms with Gasteiger partial charge in [0.05, 0.1) is 30.2 Å². The molecular weight excluding hydrogens is 268 g/mol. The van der Waals surface area contributed by atoms with Gasteiger partial charge in [-0.2, -0.15) is 5.26 Å². The Labute approximate surface area is 119 Å². The van der Waals surface area contributed by atoms with Crippen LogP contribution < -0.4 is 0 Å². The highest BCUT2D eigenvalue weighted by Gasteiger charge is 2.32. The number of aromatic amines is 1. The zero-order valence-corrected chi connectivity index (χ0v) is 11.2. The van der Waals surface area contributed by atoms with E-state index in [4.69, 9.17) is 5.26 Å². The van der Waals surface area contributed by atoms with Gasteiger partial charge in [-0.05, 0) is 6.07 Å². The number of nitrogens with zero attached hydrogens (tertiary/aromatic N) is 5. The first kappa shape index (κ1) is 11.9. The topological polar surface area (TPSA) is 90.6 Å². The lowest BCUT2D eigenvalue weighted by Crippen LogP contribution is -2.50. The summed E-state index contributed by atoms with van der Waals surface area (Å²) >= 11 is 0. The minimum atomic E-state index is -0.105. The molecule has 0 aromatic carbocycles. The molecule has 1 saturated heterocycles. The van der Waals surface area contributed by atoms with E-state index in [2.05, 4.69) is 19.5 Å². The molecule has 7 heteroatoms. The van der Waals surface area contributed by atoms with Gasteiger partial charge < -0.3 is 14.5 Å². The average molecular weight is 280 g/mol. The fourth-order valence-corrected chi connectivity index (χ4v) is 2.82. The van der Waals surface area contributed by atoms with Crippen LogP contribution in [-0.2, 0) is 4.79 Å². The minimum Gasteiger partial charge on any atom is -0.346 e. The Bertz CT molecular complexity index is 880. The van der Waals surface area contributed by atoms with Crippen LogP contribution in [0.5, 0.6) is 0 Å². The molecule has 4 heterocycles. The molecule has 0 atom stereocenters. The van der Waals surface area contributed by atoms with E-state index >= 15 is 0 Å². The number of carbonyl (C=O) groups is 1. The second-order valence-electron chi connectivity index (χ2n) is 5.17. The van der Waals surface area contributed by atoms with Crippen LogP contribution in [0.3, 0.4) is 0 Å². The lowest BCUT2D eigenvalue weighted by atomic mass is 10.1. The van der Waals surface area contributed by atoms with Gasteiger partial charge in [-0.15, -0.1) is 0 Å². The van der Waals surface area contributed by atoms with Crippen LogP contribution >= 0.6 is 0 Å². The van der Waals surface area contributed by atoms with Crippen LogP contribution in [0.25, 0.3) is 22.1 Å². The van der Waals surface area contributed by atoms with Gasteiger partial charge in [0.15, 0.2) is 0 Å². The molecule has 1 aliphatic heterocycles. The van der Waals surface area contributed by atoms with Crippen LogP contribution in [0.4, 0.5) is 0 Å². The van der Waals surface area contributed by atoms with Gasteiger partial charge in [-0.3, -0.25) is 4.79 Å². The first-order valence-electron chi connectivity index (χ1n) is 6.71. The minimum absolute atomic E-state index is 0.0522. The van der Waals surface area contributed by atoms with E-state index in [1.54, 1.807) is 17.4 Å². The number of hydrogen-bond donors (Lipinski definition) is 1. The molecule has 3 aromatic heterocycles. The Kier molecular flexibility index (Phi) is 2.44. The van der Waals surface area contributed by atoms with Crippen LogP contribution in [0, 0.1) is 11.3 Å². The van der Waals surface area contributed by atoms with Crippen LogP contribution in [0.15, 0.2) is 24.8 Å². The summed E-state index contributed by atoms with van der Waals surface area (Å²) in [6, 6.07) is 4.09. The number of carbonyl (C=O) groups excluding carboxylic acids is 1. The molecule has 3 aromatic rings. The van der Waals surface area contributed by atoms with Crippen LogP contribution in [0.1, 0.15) is 12.5 Å². The molecule has 0 saturated carbocycles. The van der Waals surface area contributed by atoms with Gasteiger partial charge in [0, 0.05) is 24.7 Å². The van der Waals surface area contributed by atoms with Crippen molar-refractivity contribution in [1.82, 2.24) is 24.4 Å². The summed E-state index contributed by atoms with van der Waals surface area (Å²) < 4.78 is 2.10. The molecular formula is C14H12N6O. The second-order valence-corrected chi connectivity index (χ2v) is 5.17. The zero-order valence-electron chi connectivity index (χ0n) is 11.2. The van der Waals surface area contributed by atoms with Gasteiger partial charge in [-0.25, -0.2) is 9.97 Å². The van der Waals surface area contributed by atoms with Crippen molar-refractivity contribution in [1.29, 1.82) is 5.26 Å². The van der Waals surface area contributed by atoms with Crippen molar-refractivity contribution < 1.29 is 4.79 Å². The maximum atomic E-state index is 11.6. The number of rotatable bonds is 2. The van der Waals surface area contributed by atoms with Crippen molar-refractivity contribution in [2.24, 2.45) is 0 Å². The number of imidazole rings is 1. The Morgan fingerprint density at radius 3 is 3.14 bits per heavy atom. The number of pyridine rings is 1. The summed E-state index contributed by atoms with van der Waals surface area (Å²) in [6.07, 6.45) is 5.36. The predicted molar refractivity (Wildman–Crippen MR) is 75.2 cm³/mol. The van der Waals surface area contributed by atoms with Gasteiger partial charge in [0.1, 0.15) is 17.6 Å². The molecule has 0 radical (unpaired) electrons. The number of H-pyrrole nitrogens is 1. The van der Waals surface area contributed by atoms with Gasteiger partial charge in [0.25, 0.3) is 0 Å². The van der Waals surface area contributed by atoms with Crippen molar-refractivity contribution >= 4 is 28.0 Å². The summed E-state index contributed by atoms with van der Waals surface area (Å²) in [4.78, 5) is 25.1. The number of amides is 1. The summed E-state index contributed by atoms with van der Waals surface area (Å²) in [7, 11) is 0. The maximum absolute atomic E-state index is 11.6. The van der Waals surface area contributed by atoms with E-state index < -0.39 is 0 Å². The van der Waals surface area contributed by atoms with E-state index in [9.17, 15) is 4.79 Å². The summed E-state index contributed by atoms with van der Waals surface area (Å²) in [6.45, 7) is 1.25. The van der Waals surface area contributed by atoms with Gasteiger partial charge >= 0.3 is 0 Å². The zero-order chi connectivity index (χ0) is 14.4. The molecule has 104 valence electrons. The largest absolute Gasteiger partial charge is 0.346 e. The Morgan fingerprint density at radius 1 is 1.48 bits per heavy atom. The number of hydrogen-bond acceptors (Lipinski definition) is 4. The first-order valence-corrected chi connectivity index (χ1v) is 6.71. The van der Waals surface area contributed by atoms with Crippen LogP contribution in [0.2, 0.25) is 0 Å². The molecule has 0 aliphatic carbocycles. The number of nitriles is 1. The SMILES string of the molecule is N#CCC(=O)N1CC(n2cnc3cnc4[nH]ccc4c32)C1. The summed E-state index contributed by atoms with van der Waals surface area (Å²) in [5.41, 5.74) is 2.73. The number of fused-ring (bicyclic) bond motifs is 3. The highest BCUT2D eigenvalue weighted by Crippen LogP contribution is 2.29. The third-order valence-electron chi connectivity index (χ3n) is 3.96. The molecule has 4 rings (SSSR count). The van der Waals surface area contributed by atoms with Crippen molar-refractivity contribution in [3.8, 4) is 6.07 Å². The van der Waals surface area contributed by atoms with E-state index in [-0.39, 0.29) is 18.4 Å². The maximum Gasteiger partial charge on any atom is 0.236 e. The van der Waals surface area contributed by atoms with Crippen molar-refractivity contribution in [3.05, 3.63) is 24.8 Å². The Morgan fingerprint density at radius 2 is 2.33 bits per heavy atom. The van der Waals surface area contributed by atoms with Crippen molar-refractivity contribution in [3.63, 3.8) is 0 Å². The molecule has 1 amide bonds. The molecule has 1 fully saturated rings. The lowest BCUT2D eigenvalue weighted by Gasteiger charge is -2.39. The summed E-state index contributed by atoms with van der Waals surface area (Å²) in [5.74, 6) is -0.105. The fraction of sp³-hybridized carbons (Fsp3) is 0.286. The number of aromatic nitrogens is 4. The molecule has 0 bridgehead atoms. The third-order valence-corrected chi connectivity index (χ3v) is 3.96. The smallest absolute Gasteiger partial charge is 0.236 e. The molecule has 0 spiro atoms. The number of nitrogens with one attached hydrogen (secondary N) is 1. The Balaban J connectivity index is 1.68. The van der Waals surface area contributed by atoms with E-state index in [1.165, 1.54) is 0 Å². The molecule has 1 N–H and O–H groups in total. The van der Waals surface area contributed by atoms with Crippen molar-refractivity contribution in [2.75, 3.05) is 13.1 Å². The quantitative estimate of drug-likeness (QED) is 0.763. The highest BCUT2D eigenvalue weighted by molar-refractivity contribution is 6.01. The monoisotopic (exact) mass is 280 g/mol. The van der Waals surface area contributed by atoms with E-state index in [0.717, 1.165) is 22.1 Å². The normalized spacial score (nSPS) is 15.3. The van der Waals surface area contributed by atoms with Crippen LogP contribution in [-0.4, -0.2) is 43.4 Å². The predicted octanol–water partition coefficient (Wildman–Crippen LogP) is 1.21. The van der Waals surface area contributed by atoms with Crippen molar-refractivity contribution in [2.45, 2.75) is 12.5 Å². The van der Waals surface area contributed by atoms with Gasteiger partial charge in [0.2, 0.25) is 5.91 Å². The molecule has 7 nitrogen and oxygen atoms in total. The summed E-state index contributed by atoms with van der Waals surface area (Å²) in [5, 5.41) is 9.60. The second kappa shape index (κ2) is 4.31. The fourth-order valence-electron chi connectivity index (χ4n) is 2.82. The number of likely N-dealkylation sites (tertiary alicyclic amines) is 1. The van der Waals surface area contributed by atoms with E-state index in [1.807, 2.05) is 18.3 Å². The Hall–Kier alpha value is -2.88. The first-order chi connectivity index (χ1) is 10.3. The molecule has 1 aliphatic rings. The van der Waals surface area contributed by atoms with Gasteiger partial charge in [-0.1, -0.05) is 0 Å². The lowest BCUT2D eigenvalue weighted by molar-refractivity contribution is -0.135. The molecule has 0 unspecified atom stereocenters. The molecule has 21 heavy (non-hydrogen) atoms. The standard InChI is InChI=1S/C14H12N6O/c15-3-1-12(21)19-6-9(7-19)20-8-18-11-5-17-14-10(13(11)20)2-4-16-14/h2,4-5,8-9H,1,6-7H2,(H,16,17). The van der Waals surface area contributed by atoms with E-state index in [0.29, 0.717) is 13.1 Å². The third kappa shape index (κ3) is 1.69. The highest BCUT2D eigenvalue weighted by atomic mass is 16.2.